The van der Waals surface area contributed by atoms with Crippen LogP contribution in [0.4, 0.5) is 20.4 Å². The number of aromatic nitrogens is 1. The van der Waals surface area contributed by atoms with Gasteiger partial charge in [-0.15, -0.1) is 0 Å². The summed E-state index contributed by atoms with van der Waals surface area (Å²) in [4.78, 5) is 27.8. The van der Waals surface area contributed by atoms with Crippen LogP contribution in [0.2, 0.25) is 0 Å². The zero-order chi connectivity index (χ0) is 14.9. The van der Waals surface area contributed by atoms with Crippen molar-refractivity contribution in [1.82, 2.24) is 9.88 Å². The molecule has 1 aromatic rings. The van der Waals surface area contributed by atoms with Crippen molar-refractivity contribution >= 4 is 23.5 Å². The molecule has 108 valence electrons. The second-order valence-electron chi connectivity index (χ2n) is 4.37. The molecule has 2 heterocycles. The maximum atomic E-state index is 13.6. The first kappa shape index (κ1) is 14.2. The molecule has 0 aliphatic carbocycles. The van der Waals surface area contributed by atoms with E-state index in [1.54, 1.807) is 6.92 Å². The highest BCUT2D eigenvalue weighted by Crippen LogP contribution is 2.22. The van der Waals surface area contributed by atoms with Gasteiger partial charge in [0, 0.05) is 19.7 Å². The van der Waals surface area contributed by atoms with Crippen LogP contribution in [-0.2, 0) is 9.59 Å². The first-order valence-corrected chi connectivity index (χ1v) is 6.11. The molecule has 1 aliphatic heterocycles. The fourth-order valence-corrected chi connectivity index (χ4v) is 1.89. The lowest BCUT2D eigenvalue weighted by Gasteiger charge is -2.14. The number of anilines is 2. The van der Waals surface area contributed by atoms with Crippen LogP contribution in [0.25, 0.3) is 0 Å². The van der Waals surface area contributed by atoms with Crippen LogP contribution < -0.4 is 10.6 Å². The Bertz CT molecular complexity index is 565. The molecule has 20 heavy (non-hydrogen) atoms. The molecule has 2 N–H and O–H groups in total. The van der Waals surface area contributed by atoms with E-state index in [2.05, 4.69) is 15.6 Å². The third-order valence-electron chi connectivity index (χ3n) is 2.97. The van der Waals surface area contributed by atoms with Crippen molar-refractivity contribution in [2.75, 3.05) is 24.2 Å². The maximum Gasteiger partial charge on any atom is 0.251 e. The number of nitrogens with zero attached hydrogens (tertiary/aromatic N) is 2. The molecular formula is C12H14F2N4O2. The average molecular weight is 284 g/mol. The van der Waals surface area contributed by atoms with E-state index in [1.165, 1.54) is 7.05 Å². The number of nitrogens with one attached hydrogen (secondary N) is 2. The molecule has 1 saturated heterocycles. The molecular weight excluding hydrogens is 270 g/mol. The molecule has 0 radical (unpaired) electrons. The van der Waals surface area contributed by atoms with Crippen molar-refractivity contribution < 1.29 is 18.4 Å². The van der Waals surface area contributed by atoms with E-state index in [-0.39, 0.29) is 24.0 Å². The monoisotopic (exact) mass is 284 g/mol. The SMILES string of the molecule is CCNc1nc(NC2CC(=O)N(C)C2=O)c(F)cc1F. The smallest absolute Gasteiger partial charge is 0.251 e. The Labute approximate surface area is 114 Å². The van der Waals surface area contributed by atoms with E-state index in [1.807, 2.05) is 0 Å². The minimum atomic E-state index is -0.918. The fraction of sp³-hybridized carbons (Fsp3) is 0.417. The number of rotatable bonds is 4. The van der Waals surface area contributed by atoms with Crippen molar-refractivity contribution in [2.45, 2.75) is 19.4 Å². The number of hydrogen-bond acceptors (Lipinski definition) is 5. The fourth-order valence-electron chi connectivity index (χ4n) is 1.89. The van der Waals surface area contributed by atoms with E-state index in [4.69, 9.17) is 0 Å². The molecule has 0 bridgehead atoms. The Morgan fingerprint density at radius 2 is 2.00 bits per heavy atom. The lowest BCUT2D eigenvalue weighted by atomic mass is 10.2. The molecule has 0 aromatic carbocycles. The average Bonchev–Trinajstić information content (AvgIpc) is 2.63. The minimum Gasteiger partial charge on any atom is -0.368 e. The molecule has 1 atom stereocenters. The molecule has 0 saturated carbocycles. The van der Waals surface area contributed by atoms with Gasteiger partial charge in [0.05, 0.1) is 6.42 Å². The molecule has 1 aliphatic rings. The van der Waals surface area contributed by atoms with Gasteiger partial charge in [-0.1, -0.05) is 0 Å². The Morgan fingerprint density at radius 3 is 2.55 bits per heavy atom. The Morgan fingerprint density at radius 1 is 1.35 bits per heavy atom. The zero-order valence-corrected chi connectivity index (χ0v) is 11.0. The zero-order valence-electron chi connectivity index (χ0n) is 11.0. The Hall–Kier alpha value is -2.25. The number of carbonyl (C=O) groups excluding carboxylic acids is 2. The largest absolute Gasteiger partial charge is 0.368 e. The van der Waals surface area contributed by atoms with E-state index in [9.17, 15) is 18.4 Å². The van der Waals surface area contributed by atoms with E-state index < -0.39 is 23.6 Å². The molecule has 2 rings (SSSR count). The molecule has 1 unspecified atom stereocenters. The third kappa shape index (κ3) is 2.54. The molecule has 1 fully saturated rings. The summed E-state index contributed by atoms with van der Waals surface area (Å²) in [5.74, 6) is -2.93. The van der Waals surface area contributed by atoms with Crippen molar-refractivity contribution in [1.29, 1.82) is 0 Å². The standard InChI is InChI=1S/C12H14F2N4O2/c1-3-15-10-6(13)4-7(14)11(17-10)16-8-5-9(19)18(2)12(8)20/h4,8H,3,5H2,1-2H3,(H2,15,16,17). The predicted octanol–water partition coefficient (Wildman–Crippen LogP) is 0.961. The third-order valence-corrected chi connectivity index (χ3v) is 2.97. The maximum absolute atomic E-state index is 13.6. The lowest BCUT2D eigenvalue weighted by molar-refractivity contribution is -0.136. The summed E-state index contributed by atoms with van der Waals surface area (Å²) in [5.41, 5.74) is 0. The second kappa shape index (κ2) is 5.40. The van der Waals surface area contributed by atoms with E-state index in [0.29, 0.717) is 12.6 Å². The lowest BCUT2D eigenvalue weighted by Crippen LogP contribution is -2.32. The van der Waals surface area contributed by atoms with Gasteiger partial charge in [0.25, 0.3) is 5.91 Å². The second-order valence-corrected chi connectivity index (χ2v) is 4.37. The van der Waals surface area contributed by atoms with Gasteiger partial charge in [-0.05, 0) is 6.92 Å². The number of hydrogen-bond donors (Lipinski definition) is 2. The van der Waals surface area contributed by atoms with Crippen LogP contribution >= 0.6 is 0 Å². The Kier molecular flexibility index (Phi) is 3.82. The highest BCUT2D eigenvalue weighted by atomic mass is 19.1. The van der Waals surface area contributed by atoms with Crippen LogP contribution in [0, 0.1) is 11.6 Å². The minimum absolute atomic E-state index is 0.0790. The molecule has 8 heteroatoms. The molecule has 6 nitrogen and oxygen atoms in total. The van der Waals surface area contributed by atoms with E-state index in [0.717, 1.165) is 4.90 Å². The number of likely N-dealkylation sites (tertiary alicyclic amines) is 1. The van der Waals surface area contributed by atoms with Crippen molar-refractivity contribution in [3.05, 3.63) is 17.7 Å². The van der Waals surface area contributed by atoms with Crippen LogP contribution in [0.1, 0.15) is 13.3 Å². The van der Waals surface area contributed by atoms with Crippen LogP contribution in [0.5, 0.6) is 0 Å². The predicted molar refractivity (Wildman–Crippen MR) is 68.1 cm³/mol. The van der Waals surface area contributed by atoms with Gasteiger partial charge in [-0.3, -0.25) is 14.5 Å². The topological polar surface area (TPSA) is 74.3 Å². The number of amides is 2. The molecule has 0 spiro atoms. The summed E-state index contributed by atoms with van der Waals surface area (Å²) in [5, 5.41) is 5.18. The highest BCUT2D eigenvalue weighted by Gasteiger charge is 2.36. The van der Waals surface area contributed by atoms with Gasteiger partial charge in [0.15, 0.2) is 23.3 Å². The van der Waals surface area contributed by atoms with Crippen molar-refractivity contribution in [2.24, 2.45) is 0 Å². The van der Waals surface area contributed by atoms with Crippen molar-refractivity contribution in [3.8, 4) is 0 Å². The number of pyridine rings is 1. The summed E-state index contributed by atoms with van der Waals surface area (Å²) < 4.78 is 27.1. The van der Waals surface area contributed by atoms with Gasteiger partial charge in [-0.2, -0.15) is 0 Å². The normalized spacial score (nSPS) is 18.6. The number of carbonyl (C=O) groups is 2. The number of halogens is 2. The quantitative estimate of drug-likeness (QED) is 0.806. The van der Waals surface area contributed by atoms with Gasteiger partial charge >= 0.3 is 0 Å². The first-order valence-electron chi connectivity index (χ1n) is 6.11. The summed E-state index contributed by atoms with van der Waals surface area (Å²) in [6.07, 6.45) is -0.0790. The van der Waals surface area contributed by atoms with Gasteiger partial charge in [0.2, 0.25) is 5.91 Å². The highest BCUT2D eigenvalue weighted by molar-refractivity contribution is 6.06. The van der Waals surface area contributed by atoms with E-state index >= 15 is 0 Å². The van der Waals surface area contributed by atoms with Gasteiger partial charge < -0.3 is 10.6 Å². The van der Waals surface area contributed by atoms with Gasteiger partial charge in [-0.25, -0.2) is 13.8 Å². The van der Waals surface area contributed by atoms with Gasteiger partial charge in [0.1, 0.15) is 6.04 Å². The summed E-state index contributed by atoms with van der Waals surface area (Å²) in [6, 6.07) is -0.201. The van der Waals surface area contributed by atoms with Crippen LogP contribution in [0.3, 0.4) is 0 Å². The molecule has 1 aromatic heterocycles. The summed E-state index contributed by atoms with van der Waals surface area (Å²) in [6.45, 7) is 2.16. The summed E-state index contributed by atoms with van der Waals surface area (Å²) in [7, 11) is 1.35. The van der Waals surface area contributed by atoms with Crippen molar-refractivity contribution in [3.63, 3.8) is 0 Å². The molecule has 2 amide bonds. The number of imide groups is 1. The van der Waals surface area contributed by atoms with Crippen LogP contribution in [0.15, 0.2) is 6.07 Å². The summed E-state index contributed by atoms with van der Waals surface area (Å²) >= 11 is 0. The number of likely N-dealkylation sites (N-methyl/N-ethyl adjacent to an activating group) is 1. The Balaban J connectivity index is 2.23. The van der Waals surface area contributed by atoms with Crippen LogP contribution in [-0.4, -0.2) is 41.3 Å². The first-order chi connectivity index (χ1) is 9.43.